The molecule has 0 aliphatic heterocycles. The van der Waals surface area contributed by atoms with Crippen LogP contribution in [0, 0.1) is 40.5 Å². The van der Waals surface area contributed by atoms with Gasteiger partial charge in [0.1, 0.15) is 22.3 Å². The maximum atomic E-state index is 11.1. The Hall–Kier alpha value is -6.24. The monoisotopic (exact) mass is 792 g/mol. The van der Waals surface area contributed by atoms with Gasteiger partial charge in [0.2, 0.25) is 0 Å². The van der Waals surface area contributed by atoms with Crippen LogP contribution >= 0.6 is 43.2 Å². The second-order valence-corrected chi connectivity index (χ2v) is 13.9. The standard InChI is InChI=1S/2C14H8N2O8S2/c2*17-13(18)9-5-7(1-3-11(9)15(21)22)25-26-8-2-4-12(16(23)24)10(6-8)14(19)20/h2*1-6H,(H,17,18)(H,19,20). The molecule has 0 spiro atoms. The molecule has 4 N–H and O–H groups in total. The topological polar surface area (TPSA) is 322 Å². The molecule has 24 heteroatoms. The summed E-state index contributed by atoms with van der Waals surface area (Å²) >= 11 is 0. The molecule has 0 aromatic heterocycles. The van der Waals surface area contributed by atoms with Crippen molar-refractivity contribution in [3.63, 3.8) is 0 Å². The number of carboxylic acids is 4. The lowest BCUT2D eigenvalue weighted by Crippen LogP contribution is -2.02. The fourth-order valence-electron chi connectivity index (χ4n) is 3.78. The lowest BCUT2D eigenvalue weighted by molar-refractivity contribution is -0.385. The van der Waals surface area contributed by atoms with Gasteiger partial charge in [-0.15, -0.1) is 0 Å². The zero-order valence-electron chi connectivity index (χ0n) is 25.0. The number of rotatable bonds is 14. The third-order valence-corrected chi connectivity index (χ3v) is 10.8. The van der Waals surface area contributed by atoms with Gasteiger partial charge in [-0.2, -0.15) is 0 Å². The van der Waals surface area contributed by atoms with E-state index < -0.39 is 88.6 Å². The van der Waals surface area contributed by atoms with E-state index in [1.54, 1.807) is 0 Å². The van der Waals surface area contributed by atoms with Gasteiger partial charge in [-0.3, -0.25) is 40.5 Å². The predicted molar refractivity (Wildman–Crippen MR) is 184 cm³/mol. The predicted octanol–water partition coefficient (Wildman–Crippen LogP) is 7.40. The highest BCUT2D eigenvalue weighted by atomic mass is 33.1. The quantitative estimate of drug-likeness (QED) is 0.0548. The molecule has 0 fully saturated rings. The van der Waals surface area contributed by atoms with Crippen molar-refractivity contribution in [1.82, 2.24) is 0 Å². The Kier molecular flexibility index (Phi) is 13.6. The van der Waals surface area contributed by atoms with Crippen LogP contribution in [-0.2, 0) is 0 Å². The van der Waals surface area contributed by atoms with Gasteiger partial charge < -0.3 is 20.4 Å². The Morgan fingerprint density at radius 3 is 0.692 bits per heavy atom. The normalized spacial score (nSPS) is 10.3. The highest BCUT2D eigenvalue weighted by Gasteiger charge is 2.24. The minimum atomic E-state index is -1.45. The zero-order valence-corrected chi connectivity index (χ0v) is 28.3. The molecule has 0 saturated heterocycles. The van der Waals surface area contributed by atoms with Crippen molar-refractivity contribution < 1.29 is 59.3 Å². The number of benzene rings is 4. The van der Waals surface area contributed by atoms with Crippen molar-refractivity contribution in [2.24, 2.45) is 0 Å². The van der Waals surface area contributed by atoms with Gasteiger partial charge in [-0.1, -0.05) is 43.2 Å². The molecule has 0 radical (unpaired) electrons. The van der Waals surface area contributed by atoms with Crippen LogP contribution in [0.2, 0.25) is 0 Å². The van der Waals surface area contributed by atoms with Crippen LogP contribution in [0.5, 0.6) is 0 Å². The number of nitrogens with zero attached hydrogens (tertiary/aromatic N) is 4. The molecule has 0 unspecified atom stereocenters. The summed E-state index contributed by atoms with van der Waals surface area (Å²) in [5, 5.41) is 79.5. The van der Waals surface area contributed by atoms with Crippen LogP contribution in [0.15, 0.2) is 92.4 Å². The van der Waals surface area contributed by atoms with Gasteiger partial charge in [-0.25, -0.2) is 19.2 Å². The van der Waals surface area contributed by atoms with E-state index in [4.69, 9.17) is 20.4 Å². The Bertz CT molecular complexity index is 1860. The first kappa shape index (κ1) is 40.2. The Morgan fingerprint density at radius 1 is 0.385 bits per heavy atom. The smallest absolute Gasteiger partial charge is 0.342 e. The van der Waals surface area contributed by atoms with E-state index in [0.717, 1.165) is 91.7 Å². The SMILES string of the molecule is O=C(O)c1cc(SSc2ccc([N+](=O)[O-])c(C(=O)O)c2)ccc1[N+](=O)[O-].O=C(O)c1cc(SSc2ccc([N+](=O)[O-])c(C(=O)O)c2)ccc1[N+](=O)[O-]. The van der Waals surface area contributed by atoms with E-state index in [2.05, 4.69) is 0 Å². The maximum absolute atomic E-state index is 11.1. The van der Waals surface area contributed by atoms with Crippen molar-refractivity contribution in [3.8, 4) is 0 Å². The average molecular weight is 793 g/mol. The minimum absolute atomic E-state index is 0.383. The summed E-state index contributed by atoms with van der Waals surface area (Å²) in [4.78, 5) is 86.1. The van der Waals surface area contributed by atoms with Crippen molar-refractivity contribution in [2.45, 2.75) is 19.6 Å². The second kappa shape index (κ2) is 17.6. The van der Waals surface area contributed by atoms with Crippen LogP contribution in [0.4, 0.5) is 22.7 Å². The summed E-state index contributed by atoms with van der Waals surface area (Å²) in [7, 11) is 4.11. The molecule has 52 heavy (non-hydrogen) atoms. The summed E-state index contributed by atoms with van der Waals surface area (Å²) in [5.74, 6) is -5.81. The van der Waals surface area contributed by atoms with Crippen molar-refractivity contribution in [2.75, 3.05) is 0 Å². The van der Waals surface area contributed by atoms with Gasteiger partial charge >= 0.3 is 23.9 Å². The summed E-state index contributed by atoms with van der Waals surface area (Å²) in [6.45, 7) is 0. The molecule has 268 valence electrons. The summed E-state index contributed by atoms with van der Waals surface area (Å²) < 4.78 is 0. The minimum Gasteiger partial charge on any atom is -0.477 e. The number of hydrogen-bond donors (Lipinski definition) is 4. The first-order chi connectivity index (χ1) is 24.4. The van der Waals surface area contributed by atoms with Gasteiger partial charge in [-0.05, 0) is 48.5 Å². The highest BCUT2D eigenvalue weighted by molar-refractivity contribution is 8.77. The van der Waals surface area contributed by atoms with Crippen molar-refractivity contribution >= 4 is 89.8 Å². The molecule has 0 aliphatic carbocycles. The molecule has 0 heterocycles. The summed E-state index contributed by atoms with van der Waals surface area (Å²) in [6.07, 6.45) is 0. The molecule has 4 aromatic carbocycles. The Morgan fingerprint density at radius 2 is 0.558 bits per heavy atom. The lowest BCUT2D eigenvalue weighted by Gasteiger charge is -2.05. The number of nitro groups is 4. The van der Waals surface area contributed by atoms with Crippen molar-refractivity contribution in [1.29, 1.82) is 0 Å². The lowest BCUT2D eigenvalue weighted by atomic mass is 10.2. The van der Waals surface area contributed by atoms with Gasteiger partial charge in [0, 0.05) is 43.8 Å². The fourth-order valence-corrected chi connectivity index (χ4v) is 7.72. The summed E-state index contributed by atoms with van der Waals surface area (Å²) in [5.41, 5.74) is -4.09. The maximum Gasteiger partial charge on any atom is 0.342 e. The highest BCUT2D eigenvalue weighted by Crippen LogP contribution is 2.41. The number of carboxylic acid groups (broad SMARTS) is 4. The Labute approximate surface area is 303 Å². The van der Waals surface area contributed by atoms with Crippen LogP contribution < -0.4 is 0 Å². The molecule has 0 atom stereocenters. The van der Waals surface area contributed by atoms with Gasteiger partial charge in [0.25, 0.3) is 22.7 Å². The van der Waals surface area contributed by atoms with E-state index in [9.17, 15) is 59.6 Å². The first-order valence-corrected chi connectivity index (χ1v) is 17.5. The van der Waals surface area contributed by atoms with E-state index in [1.165, 1.54) is 24.3 Å². The molecule has 4 rings (SSSR count). The van der Waals surface area contributed by atoms with Crippen LogP contribution in [-0.4, -0.2) is 64.0 Å². The number of aromatic carboxylic acids is 4. The fraction of sp³-hybridized carbons (Fsp3) is 0. The van der Waals surface area contributed by atoms with E-state index in [1.807, 2.05) is 0 Å². The second-order valence-electron chi connectivity index (χ2n) is 9.30. The number of nitro benzene ring substituents is 4. The van der Waals surface area contributed by atoms with E-state index in [0.29, 0.717) is 19.6 Å². The zero-order chi connectivity index (χ0) is 38.9. The number of carbonyl (C=O) groups is 4. The molecule has 0 saturated carbocycles. The van der Waals surface area contributed by atoms with Crippen LogP contribution in [0.3, 0.4) is 0 Å². The van der Waals surface area contributed by atoms with Crippen LogP contribution in [0.1, 0.15) is 41.4 Å². The van der Waals surface area contributed by atoms with E-state index >= 15 is 0 Å². The first-order valence-electron chi connectivity index (χ1n) is 13.2. The van der Waals surface area contributed by atoms with Gasteiger partial charge in [0.05, 0.1) is 19.7 Å². The van der Waals surface area contributed by atoms with Gasteiger partial charge in [0.15, 0.2) is 0 Å². The third kappa shape index (κ3) is 10.4. The van der Waals surface area contributed by atoms with E-state index in [-0.39, 0.29) is 0 Å². The molecular formula is C28H16N4O16S4. The molecule has 4 aromatic rings. The molecule has 0 aliphatic rings. The largest absolute Gasteiger partial charge is 0.477 e. The Balaban J connectivity index is 0.000000280. The molecule has 20 nitrogen and oxygen atoms in total. The van der Waals surface area contributed by atoms with Crippen molar-refractivity contribution in [3.05, 3.63) is 136 Å². The van der Waals surface area contributed by atoms with Crippen LogP contribution in [0.25, 0.3) is 0 Å². The summed E-state index contributed by atoms with van der Waals surface area (Å²) in [6, 6.07) is 14.2. The molecule has 0 amide bonds. The molecule has 0 bridgehead atoms. The average Bonchev–Trinajstić information content (AvgIpc) is 3.09. The molecular weight excluding hydrogens is 777 g/mol. The third-order valence-electron chi connectivity index (χ3n) is 6.05. The number of hydrogen-bond acceptors (Lipinski definition) is 16.